The number of unbranched alkanes of at least 4 members (excludes halogenated alkanes) is 1. The van der Waals surface area contributed by atoms with Crippen LogP contribution in [-0.2, 0) is 4.79 Å². The van der Waals surface area contributed by atoms with Crippen molar-refractivity contribution in [3.05, 3.63) is 0 Å². The van der Waals surface area contributed by atoms with Gasteiger partial charge in [0, 0.05) is 19.0 Å². The van der Waals surface area contributed by atoms with Crippen LogP contribution in [0.4, 0.5) is 0 Å². The first-order valence-corrected chi connectivity index (χ1v) is 6.82. The first kappa shape index (κ1) is 11.9. The van der Waals surface area contributed by atoms with E-state index >= 15 is 0 Å². The van der Waals surface area contributed by atoms with Gasteiger partial charge < -0.3 is 10.6 Å². The molecule has 0 aromatic rings. The van der Waals surface area contributed by atoms with Gasteiger partial charge in [0.05, 0.1) is 0 Å². The van der Waals surface area contributed by atoms with Crippen LogP contribution in [0.1, 0.15) is 51.4 Å². The predicted molar refractivity (Wildman–Crippen MR) is 65.0 cm³/mol. The minimum atomic E-state index is 0.378. The van der Waals surface area contributed by atoms with Gasteiger partial charge in [0.25, 0.3) is 0 Å². The summed E-state index contributed by atoms with van der Waals surface area (Å²) < 4.78 is 0. The Hall–Kier alpha value is -0.570. The van der Waals surface area contributed by atoms with E-state index < -0.39 is 0 Å². The molecular formula is C13H24N2O. The number of rotatable bonds is 4. The Morgan fingerprint density at radius 1 is 1.19 bits per heavy atom. The van der Waals surface area contributed by atoms with E-state index in [1.54, 1.807) is 0 Å². The van der Waals surface area contributed by atoms with Crippen molar-refractivity contribution < 1.29 is 4.79 Å². The molecule has 0 aromatic heterocycles. The standard InChI is InChI=1S/C13H24N2O/c14-9-4-3-7-13(16)15-10-8-11-5-1-2-6-12(11)15/h11-12H,1-10,14H2. The average molecular weight is 224 g/mol. The number of hydrogen-bond acceptors (Lipinski definition) is 2. The van der Waals surface area contributed by atoms with E-state index in [9.17, 15) is 4.79 Å². The Morgan fingerprint density at radius 2 is 2.00 bits per heavy atom. The SMILES string of the molecule is NCCCCC(=O)N1CCC2CCCCC21. The minimum Gasteiger partial charge on any atom is -0.339 e. The second-order valence-corrected chi connectivity index (χ2v) is 5.23. The Labute approximate surface area is 98.4 Å². The van der Waals surface area contributed by atoms with Crippen LogP contribution in [0.15, 0.2) is 0 Å². The number of carbonyl (C=O) groups is 1. The molecule has 0 aromatic carbocycles. The van der Waals surface area contributed by atoms with E-state index in [0.717, 1.165) is 25.3 Å². The number of likely N-dealkylation sites (tertiary alicyclic amines) is 1. The van der Waals surface area contributed by atoms with E-state index in [1.165, 1.54) is 32.1 Å². The van der Waals surface area contributed by atoms with Crippen LogP contribution >= 0.6 is 0 Å². The number of nitrogens with zero attached hydrogens (tertiary/aromatic N) is 1. The third-order valence-corrected chi connectivity index (χ3v) is 4.18. The lowest BCUT2D eigenvalue weighted by atomic mass is 9.85. The molecule has 3 heteroatoms. The summed E-state index contributed by atoms with van der Waals surface area (Å²) in [6, 6.07) is 0.583. The van der Waals surface area contributed by atoms with Crippen molar-refractivity contribution in [3.63, 3.8) is 0 Å². The molecular weight excluding hydrogens is 200 g/mol. The van der Waals surface area contributed by atoms with Crippen molar-refractivity contribution in [3.8, 4) is 0 Å². The molecule has 2 N–H and O–H groups in total. The van der Waals surface area contributed by atoms with Gasteiger partial charge >= 0.3 is 0 Å². The molecule has 1 heterocycles. The van der Waals surface area contributed by atoms with Gasteiger partial charge in [0.1, 0.15) is 0 Å². The normalized spacial score (nSPS) is 29.2. The van der Waals surface area contributed by atoms with Crippen LogP contribution < -0.4 is 5.73 Å². The number of amides is 1. The van der Waals surface area contributed by atoms with Crippen LogP contribution in [-0.4, -0.2) is 29.9 Å². The summed E-state index contributed by atoms with van der Waals surface area (Å²) in [6.45, 7) is 1.72. The third kappa shape index (κ3) is 2.57. The molecule has 1 aliphatic heterocycles. The monoisotopic (exact) mass is 224 g/mol. The van der Waals surface area contributed by atoms with Gasteiger partial charge in [-0.2, -0.15) is 0 Å². The lowest BCUT2D eigenvalue weighted by Gasteiger charge is -2.31. The predicted octanol–water partition coefficient (Wildman–Crippen LogP) is 1.91. The maximum absolute atomic E-state index is 12.1. The largest absolute Gasteiger partial charge is 0.339 e. The molecule has 0 bridgehead atoms. The summed E-state index contributed by atoms with van der Waals surface area (Å²) in [5.41, 5.74) is 5.45. The van der Waals surface area contributed by atoms with Gasteiger partial charge in [-0.15, -0.1) is 0 Å². The number of carbonyl (C=O) groups excluding carboxylic acids is 1. The summed E-state index contributed by atoms with van der Waals surface area (Å²) in [7, 11) is 0. The summed E-state index contributed by atoms with van der Waals surface area (Å²) in [5, 5.41) is 0. The van der Waals surface area contributed by atoms with Crippen molar-refractivity contribution >= 4 is 5.91 Å². The molecule has 16 heavy (non-hydrogen) atoms. The van der Waals surface area contributed by atoms with Gasteiger partial charge in [-0.3, -0.25) is 4.79 Å². The fourth-order valence-electron chi connectivity index (χ4n) is 3.28. The fourth-order valence-corrected chi connectivity index (χ4v) is 3.28. The van der Waals surface area contributed by atoms with Crippen LogP contribution in [0.2, 0.25) is 0 Å². The highest BCUT2D eigenvalue weighted by Gasteiger charge is 2.37. The minimum absolute atomic E-state index is 0.378. The number of fused-ring (bicyclic) bond motifs is 1. The highest BCUT2D eigenvalue weighted by Crippen LogP contribution is 2.36. The molecule has 0 spiro atoms. The summed E-state index contributed by atoms with van der Waals surface area (Å²) in [4.78, 5) is 14.2. The molecule has 1 aliphatic carbocycles. The van der Waals surface area contributed by atoms with Crippen molar-refractivity contribution in [1.82, 2.24) is 4.90 Å². The van der Waals surface area contributed by atoms with Crippen molar-refractivity contribution in [2.45, 2.75) is 57.4 Å². The topological polar surface area (TPSA) is 46.3 Å². The Balaban J connectivity index is 1.82. The molecule has 1 saturated heterocycles. The van der Waals surface area contributed by atoms with Gasteiger partial charge in [0.2, 0.25) is 5.91 Å². The highest BCUT2D eigenvalue weighted by molar-refractivity contribution is 5.76. The van der Waals surface area contributed by atoms with E-state index in [4.69, 9.17) is 5.73 Å². The van der Waals surface area contributed by atoms with Crippen molar-refractivity contribution in [1.29, 1.82) is 0 Å². The van der Waals surface area contributed by atoms with Crippen LogP contribution in [0.25, 0.3) is 0 Å². The highest BCUT2D eigenvalue weighted by atomic mass is 16.2. The Bertz CT molecular complexity index is 242. The Kier molecular flexibility index (Phi) is 4.22. The molecule has 3 nitrogen and oxygen atoms in total. The Morgan fingerprint density at radius 3 is 2.81 bits per heavy atom. The van der Waals surface area contributed by atoms with E-state index in [1.807, 2.05) is 0 Å². The molecule has 1 amide bonds. The van der Waals surface area contributed by atoms with Gasteiger partial charge in [-0.05, 0) is 44.6 Å². The maximum Gasteiger partial charge on any atom is 0.222 e. The molecule has 2 rings (SSSR count). The summed E-state index contributed by atoms with van der Waals surface area (Å²) >= 11 is 0. The molecule has 1 saturated carbocycles. The summed E-state index contributed by atoms with van der Waals surface area (Å²) in [5.74, 6) is 1.19. The second-order valence-electron chi connectivity index (χ2n) is 5.23. The third-order valence-electron chi connectivity index (χ3n) is 4.18. The number of nitrogens with two attached hydrogens (primary N) is 1. The van der Waals surface area contributed by atoms with Gasteiger partial charge in [0.15, 0.2) is 0 Å². The van der Waals surface area contributed by atoms with E-state index in [0.29, 0.717) is 24.9 Å². The van der Waals surface area contributed by atoms with Gasteiger partial charge in [-0.1, -0.05) is 12.8 Å². The smallest absolute Gasteiger partial charge is 0.222 e. The van der Waals surface area contributed by atoms with Crippen LogP contribution in [0.3, 0.4) is 0 Å². The molecule has 0 radical (unpaired) electrons. The van der Waals surface area contributed by atoms with Crippen LogP contribution in [0, 0.1) is 5.92 Å². The molecule has 92 valence electrons. The number of hydrogen-bond donors (Lipinski definition) is 1. The lowest BCUT2D eigenvalue weighted by Crippen LogP contribution is -2.39. The van der Waals surface area contributed by atoms with Crippen molar-refractivity contribution in [2.75, 3.05) is 13.1 Å². The molecule has 2 unspecified atom stereocenters. The zero-order valence-corrected chi connectivity index (χ0v) is 10.2. The lowest BCUT2D eigenvalue weighted by molar-refractivity contribution is -0.132. The average Bonchev–Trinajstić information content (AvgIpc) is 2.73. The maximum atomic E-state index is 12.1. The molecule has 2 fully saturated rings. The summed E-state index contributed by atoms with van der Waals surface area (Å²) in [6.07, 6.45) is 9.17. The zero-order chi connectivity index (χ0) is 11.4. The zero-order valence-electron chi connectivity index (χ0n) is 10.2. The molecule has 2 aliphatic rings. The fraction of sp³-hybridized carbons (Fsp3) is 0.923. The van der Waals surface area contributed by atoms with Gasteiger partial charge in [-0.25, -0.2) is 0 Å². The second kappa shape index (κ2) is 5.67. The van der Waals surface area contributed by atoms with E-state index in [2.05, 4.69) is 4.90 Å². The van der Waals surface area contributed by atoms with Crippen LogP contribution in [0.5, 0.6) is 0 Å². The quantitative estimate of drug-likeness (QED) is 0.741. The van der Waals surface area contributed by atoms with E-state index in [-0.39, 0.29) is 0 Å². The first-order valence-electron chi connectivity index (χ1n) is 6.82. The molecule has 2 atom stereocenters. The first-order chi connectivity index (χ1) is 7.83. The van der Waals surface area contributed by atoms with Crippen molar-refractivity contribution in [2.24, 2.45) is 11.7 Å².